The predicted molar refractivity (Wildman–Crippen MR) is 32.7 cm³/mol. The van der Waals surface area contributed by atoms with Crippen LogP contribution in [0, 0.1) is 0 Å². The number of primary amides is 1. The number of carbonyl (C=O) groups is 1. The van der Waals surface area contributed by atoms with E-state index >= 15 is 0 Å². The van der Waals surface area contributed by atoms with Crippen molar-refractivity contribution in [2.24, 2.45) is 5.73 Å². The zero-order chi connectivity index (χ0) is 6.69. The molecule has 0 spiro atoms. The van der Waals surface area contributed by atoms with Gasteiger partial charge in [-0.25, -0.2) is 0 Å². The molecule has 0 aromatic heterocycles. The van der Waals surface area contributed by atoms with Crippen LogP contribution in [0.25, 0.3) is 0 Å². The molecule has 1 heterocycles. The van der Waals surface area contributed by atoms with Crippen molar-refractivity contribution in [2.75, 3.05) is 13.2 Å². The molecule has 0 atom stereocenters. The second-order valence-electron chi connectivity index (χ2n) is 1.92. The van der Waals surface area contributed by atoms with Gasteiger partial charge in [-0.3, -0.25) is 4.79 Å². The van der Waals surface area contributed by atoms with Crippen LogP contribution in [0.2, 0.25) is 0 Å². The Morgan fingerprint density at radius 2 is 2.56 bits per heavy atom. The average molecular weight is 127 g/mol. The van der Waals surface area contributed by atoms with Gasteiger partial charge in [0.25, 0.3) is 0 Å². The van der Waals surface area contributed by atoms with E-state index in [1.54, 1.807) is 6.08 Å². The smallest absolute Gasteiger partial charge is 0.244 e. The van der Waals surface area contributed by atoms with Gasteiger partial charge in [-0.15, -0.1) is 0 Å². The molecule has 0 saturated heterocycles. The van der Waals surface area contributed by atoms with E-state index in [4.69, 9.17) is 10.5 Å². The first-order valence-corrected chi connectivity index (χ1v) is 2.87. The standard InChI is InChI=1S/C6H9NO2/c7-6(8)5-1-3-9-4-2-5/h1H,2-4H2,(H2,7,8). The molecular formula is C6H9NO2. The number of carbonyl (C=O) groups excluding carboxylic acids is 1. The minimum Gasteiger partial charge on any atom is -0.377 e. The van der Waals surface area contributed by atoms with Crippen molar-refractivity contribution in [3.63, 3.8) is 0 Å². The third-order valence-electron chi connectivity index (χ3n) is 1.28. The van der Waals surface area contributed by atoms with Crippen LogP contribution >= 0.6 is 0 Å². The molecule has 1 amide bonds. The average Bonchev–Trinajstić information content (AvgIpc) is 1.90. The van der Waals surface area contributed by atoms with E-state index in [9.17, 15) is 4.79 Å². The van der Waals surface area contributed by atoms with Gasteiger partial charge >= 0.3 is 0 Å². The summed E-state index contributed by atoms with van der Waals surface area (Å²) in [5, 5.41) is 0. The van der Waals surface area contributed by atoms with Gasteiger partial charge in [0.15, 0.2) is 0 Å². The highest BCUT2D eigenvalue weighted by Gasteiger charge is 2.07. The number of hydrogen-bond donors (Lipinski definition) is 1. The molecule has 0 aromatic rings. The first-order valence-electron chi connectivity index (χ1n) is 2.87. The van der Waals surface area contributed by atoms with Crippen molar-refractivity contribution in [1.82, 2.24) is 0 Å². The monoisotopic (exact) mass is 127 g/mol. The highest BCUT2D eigenvalue weighted by atomic mass is 16.5. The number of ether oxygens (including phenoxy) is 1. The van der Waals surface area contributed by atoms with Crippen molar-refractivity contribution in [3.8, 4) is 0 Å². The zero-order valence-electron chi connectivity index (χ0n) is 5.09. The first kappa shape index (κ1) is 6.29. The molecule has 0 saturated carbocycles. The molecule has 2 N–H and O–H groups in total. The van der Waals surface area contributed by atoms with Gasteiger partial charge in [-0.1, -0.05) is 6.08 Å². The molecule has 0 aliphatic carbocycles. The molecule has 9 heavy (non-hydrogen) atoms. The van der Waals surface area contributed by atoms with Crippen molar-refractivity contribution >= 4 is 5.91 Å². The quantitative estimate of drug-likeness (QED) is 0.531. The Bertz CT molecular complexity index is 151. The minimum atomic E-state index is -0.321. The number of amides is 1. The van der Waals surface area contributed by atoms with Crippen molar-refractivity contribution in [2.45, 2.75) is 6.42 Å². The van der Waals surface area contributed by atoms with E-state index in [2.05, 4.69) is 0 Å². The van der Waals surface area contributed by atoms with E-state index in [1.165, 1.54) is 0 Å². The van der Waals surface area contributed by atoms with Crippen LogP contribution in [-0.2, 0) is 9.53 Å². The predicted octanol–water partition coefficient (Wildman–Crippen LogP) is -0.182. The second-order valence-corrected chi connectivity index (χ2v) is 1.92. The van der Waals surface area contributed by atoms with E-state index in [0.29, 0.717) is 25.2 Å². The van der Waals surface area contributed by atoms with Crippen molar-refractivity contribution < 1.29 is 9.53 Å². The molecule has 1 aliphatic rings. The molecule has 0 bridgehead atoms. The summed E-state index contributed by atoms with van der Waals surface area (Å²) in [5.74, 6) is -0.321. The van der Waals surface area contributed by atoms with E-state index < -0.39 is 0 Å². The van der Waals surface area contributed by atoms with Crippen LogP contribution in [0.1, 0.15) is 6.42 Å². The zero-order valence-corrected chi connectivity index (χ0v) is 5.09. The second kappa shape index (κ2) is 2.64. The highest BCUT2D eigenvalue weighted by Crippen LogP contribution is 2.05. The van der Waals surface area contributed by atoms with Crippen LogP contribution in [0.4, 0.5) is 0 Å². The summed E-state index contributed by atoms with van der Waals surface area (Å²) in [5.41, 5.74) is 5.70. The fourth-order valence-corrected chi connectivity index (χ4v) is 0.751. The molecule has 0 aromatic carbocycles. The summed E-state index contributed by atoms with van der Waals surface area (Å²) in [4.78, 5) is 10.5. The normalized spacial score (nSPS) is 18.9. The number of nitrogens with two attached hydrogens (primary N) is 1. The molecular weight excluding hydrogens is 118 g/mol. The lowest BCUT2D eigenvalue weighted by molar-refractivity contribution is -0.115. The molecule has 3 heteroatoms. The minimum absolute atomic E-state index is 0.321. The summed E-state index contributed by atoms with van der Waals surface area (Å²) in [7, 11) is 0. The molecule has 3 nitrogen and oxygen atoms in total. The van der Waals surface area contributed by atoms with E-state index in [-0.39, 0.29) is 5.91 Å². The Morgan fingerprint density at radius 1 is 1.78 bits per heavy atom. The number of hydrogen-bond acceptors (Lipinski definition) is 2. The van der Waals surface area contributed by atoms with Gasteiger partial charge in [0.2, 0.25) is 5.91 Å². The topological polar surface area (TPSA) is 52.3 Å². The van der Waals surface area contributed by atoms with Crippen LogP contribution in [-0.4, -0.2) is 19.1 Å². The van der Waals surface area contributed by atoms with Crippen LogP contribution in [0.3, 0.4) is 0 Å². The number of rotatable bonds is 1. The lowest BCUT2D eigenvalue weighted by Crippen LogP contribution is -2.18. The first-order chi connectivity index (χ1) is 4.30. The molecule has 1 aliphatic heterocycles. The SMILES string of the molecule is NC(=O)C1=CCOCC1. The Hall–Kier alpha value is -0.830. The summed E-state index contributed by atoms with van der Waals surface area (Å²) >= 11 is 0. The molecule has 0 radical (unpaired) electrons. The molecule has 0 fully saturated rings. The fraction of sp³-hybridized carbons (Fsp3) is 0.500. The third kappa shape index (κ3) is 1.54. The maximum atomic E-state index is 10.5. The Morgan fingerprint density at radius 3 is 2.89 bits per heavy atom. The van der Waals surface area contributed by atoms with Crippen molar-refractivity contribution in [3.05, 3.63) is 11.6 Å². The van der Waals surface area contributed by atoms with E-state index in [0.717, 1.165) is 0 Å². The summed E-state index contributed by atoms with van der Waals surface area (Å²) in [6.45, 7) is 1.15. The largest absolute Gasteiger partial charge is 0.377 e. The van der Waals surface area contributed by atoms with Crippen molar-refractivity contribution in [1.29, 1.82) is 0 Å². The fourth-order valence-electron chi connectivity index (χ4n) is 0.751. The van der Waals surface area contributed by atoms with Gasteiger partial charge < -0.3 is 10.5 Å². The van der Waals surface area contributed by atoms with Gasteiger partial charge in [-0.05, 0) is 0 Å². The van der Waals surface area contributed by atoms with Crippen LogP contribution < -0.4 is 5.73 Å². The Balaban J connectivity index is 2.57. The van der Waals surface area contributed by atoms with Gasteiger partial charge in [-0.2, -0.15) is 0 Å². The Kier molecular flexibility index (Phi) is 1.85. The molecule has 50 valence electrons. The van der Waals surface area contributed by atoms with Gasteiger partial charge in [0.05, 0.1) is 13.2 Å². The summed E-state index contributed by atoms with van der Waals surface area (Å²) in [6.07, 6.45) is 2.39. The maximum Gasteiger partial charge on any atom is 0.244 e. The Labute approximate surface area is 53.5 Å². The van der Waals surface area contributed by atoms with Crippen LogP contribution in [0.5, 0.6) is 0 Å². The highest BCUT2D eigenvalue weighted by molar-refractivity contribution is 5.91. The lowest BCUT2D eigenvalue weighted by Gasteiger charge is -2.09. The summed E-state index contributed by atoms with van der Waals surface area (Å²) in [6, 6.07) is 0. The maximum absolute atomic E-state index is 10.5. The van der Waals surface area contributed by atoms with Gasteiger partial charge in [0.1, 0.15) is 0 Å². The molecule has 1 rings (SSSR count). The summed E-state index contributed by atoms with van der Waals surface area (Å²) < 4.78 is 4.97. The third-order valence-corrected chi connectivity index (χ3v) is 1.28. The van der Waals surface area contributed by atoms with Gasteiger partial charge in [0, 0.05) is 12.0 Å². The van der Waals surface area contributed by atoms with E-state index in [1.807, 2.05) is 0 Å². The van der Waals surface area contributed by atoms with Crippen LogP contribution in [0.15, 0.2) is 11.6 Å². The molecule has 0 unspecified atom stereocenters. The lowest BCUT2D eigenvalue weighted by atomic mass is 10.1.